The smallest absolute Gasteiger partial charge is 0.000504 e. The van der Waals surface area contributed by atoms with E-state index in [2.05, 4.69) is 33.0 Å². The Balaban J connectivity index is 3.82. The number of nitrogens with one attached hydrogen (secondary N) is 1. The van der Waals surface area contributed by atoms with E-state index < -0.39 is 0 Å². The highest BCUT2D eigenvalue weighted by molar-refractivity contribution is 4.76. The molecule has 0 rings (SSSR count). The fourth-order valence-corrected chi connectivity index (χ4v) is 2.13. The van der Waals surface area contributed by atoms with E-state index in [1.165, 1.54) is 45.1 Å². The molecule has 0 aromatic rings. The summed E-state index contributed by atoms with van der Waals surface area (Å²) < 4.78 is 0. The second-order valence-corrected chi connectivity index (χ2v) is 4.80. The first-order chi connectivity index (χ1) is 6.68. The van der Waals surface area contributed by atoms with Crippen molar-refractivity contribution in [1.29, 1.82) is 0 Å². The molecular weight excluding hydrogens is 170 g/mol. The van der Waals surface area contributed by atoms with E-state index in [0.29, 0.717) is 5.41 Å². The van der Waals surface area contributed by atoms with E-state index in [0.717, 1.165) is 6.54 Å². The van der Waals surface area contributed by atoms with Crippen molar-refractivity contribution in [3.8, 4) is 0 Å². The van der Waals surface area contributed by atoms with Gasteiger partial charge in [0.2, 0.25) is 0 Å². The number of unbranched alkanes of at least 4 members (excludes halogenated alkanes) is 2. The molecule has 0 aromatic carbocycles. The predicted octanol–water partition coefficient (Wildman–Crippen LogP) is 3.98. The van der Waals surface area contributed by atoms with Gasteiger partial charge in [-0.25, -0.2) is 0 Å². The lowest BCUT2D eigenvalue weighted by Gasteiger charge is -2.29. The van der Waals surface area contributed by atoms with E-state index in [9.17, 15) is 0 Å². The van der Waals surface area contributed by atoms with Crippen LogP contribution in [0, 0.1) is 5.41 Å². The highest BCUT2D eigenvalue weighted by atomic mass is 14.9. The van der Waals surface area contributed by atoms with Crippen molar-refractivity contribution >= 4 is 0 Å². The Kier molecular flexibility index (Phi) is 8.26. The normalized spacial score (nSPS) is 15.4. The SMILES string of the molecule is CCCCCC(C)(CCC)CNCC. The lowest BCUT2D eigenvalue weighted by atomic mass is 9.80. The van der Waals surface area contributed by atoms with E-state index in [-0.39, 0.29) is 0 Å². The summed E-state index contributed by atoms with van der Waals surface area (Å²) in [5.41, 5.74) is 0.542. The van der Waals surface area contributed by atoms with Crippen LogP contribution in [0.25, 0.3) is 0 Å². The summed E-state index contributed by atoms with van der Waals surface area (Å²) in [6.45, 7) is 11.5. The van der Waals surface area contributed by atoms with Crippen LogP contribution in [0.4, 0.5) is 0 Å². The van der Waals surface area contributed by atoms with Gasteiger partial charge >= 0.3 is 0 Å². The Morgan fingerprint density at radius 1 is 0.929 bits per heavy atom. The third kappa shape index (κ3) is 6.42. The summed E-state index contributed by atoms with van der Waals surface area (Å²) in [7, 11) is 0. The maximum Gasteiger partial charge on any atom is 0.000504 e. The molecule has 86 valence electrons. The minimum absolute atomic E-state index is 0.542. The molecule has 0 saturated carbocycles. The maximum atomic E-state index is 3.50. The third-order valence-corrected chi connectivity index (χ3v) is 3.04. The average molecular weight is 199 g/mol. The average Bonchev–Trinajstić information content (AvgIpc) is 2.16. The lowest BCUT2D eigenvalue weighted by Crippen LogP contribution is -2.31. The molecule has 0 radical (unpaired) electrons. The summed E-state index contributed by atoms with van der Waals surface area (Å²) in [6, 6.07) is 0. The topological polar surface area (TPSA) is 12.0 Å². The molecule has 0 saturated heterocycles. The number of hydrogen-bond donors (Lipinski definition) is 1. The van der Waals surface area contributed by atoms with Crippen LogP contribution in [0.15, 0.2) is 0 Å². The largest absolute Gasteiger partial charge is 0.316 e. The fraction of sp³-hybridized carbons (Fsp3) is 1.00. The zero-order valence-electron chi connectivity index (χ0n) is 10.7. The van der Waals surface area contributed by atoms with Crippen LogP contribution in [-0.2, 0) is 0 Å². The molecule has 1 nitrogen and oxygen atoms in total. The van der Waals surface area contributed by atoms with Crippen LogP contribution >= 0.6 is 0 Å². The molecule has 0 aliphatic rings. The first-order valence-corrected chi connectivity index (χ1v) is 6.39. The van der Waals surface area contributed by atoms with Gasteiger partial charge in [0, 0.05) is 6.54 Å². The molecule has 0 spiro atoms. The molecule has 0 aliphatic heterocycles. The standard InChI is InChI=1S/C13H29N/c1-5-8-9-11-13(4,10-6-2)12-14-7-3/h14H,5-12H2,1-4H3. The molecule has 0 amide bonds. The zero-order chi connectivity index (χ0) is 10.9. The molecule has 1 heteroatoms. The minimum Gasteiger partial charge on any atom is -0.316 e. The van der Waals surface area contributed by atoms with Gasteiger partial charge in [-0.15, -0.1) is 0 Å². The summed E-state index contributed by atoms with van der Waals surface area (Å²) in [4.78, 5) is 0. The second-order valence-electron chi connectivity index (χ2n) is 4.80. The number of rotatable bonds is 9. The van der Waals surface area contributed by atoms with Crippen molar-refractivity contribution in [2.45, 2.75) is 66.2 Å². The Morgan fingerprint density at radius 3 is 2.14 bits per heavy atom. The van der Waals surface area contributed by atoms with Gasteiger partial charge in [0.15, 0.2) is 0 Å². The van der Waals surface area contributed by atoms with Crippen molar-refractivity contribution in [2.75, 3.05) is 13.1 Å². The van der Waals surface area contributed by atoms with Crippen LogP contribution in [0.3, 0.4) is 0 Å². The van der Waals surface area contributed by atoms with Crippen molar-refractivity contribution < 1.29 is 0 Å². The van der Waals surface area contributed by atoms with Crippen LogP contribution in [0.2, 0.25) is 0 Å². The molecule has 0 aromatic heterocycles. The molecule has 0 fully saturated rings. The zero-order valence-corrected chi connectivity index (χ0v) is 10.7. The molecule has 14 heavy (non-hydrogen) atoms. The van der Waals surface area contributed by atoms with Crippen LogP contribution in [-0.4, -0.2) is 13.1 Å². The molecule has 1 N–H and O–H groups in total. The Bertz CT molecular complexity index is 122. The Hall–Kier alpha value is -0.0400. The van der Waals surface area contributed by atoms with Gasteiger partial charge in [0.05, 0.1) is 0 Å². The molecule has 1 unspecified atom stereocenters. The summed E-state index contributed by atoms with van der Waals surface area (Å²) >= 11 is 0. The van der Waals surface area contributed by atoms with Gasteiger partial charge < -0.3 is 5.32 Å². The molecule has 0 aliphatic carbocycles. The van der Waals surface area contributed by atoms with Gasteiger partial charge in [0.1, 0.15) is 0 Å². The van der Waals surface area contributed by atoms with Crippen molar-refractivity contribution in [3.63, 3.8) is 0 Å². The quantitative estimate of drug-likeness (QED) is 0.554. The van der Waals surface area contributed by atoms with Gasteiger partial charge in [-0.2, -0.15) is 0 Å². The highest BCUT2D eigenvalue weighted by Crippen LogP contribution is 2.29. The van der Waals surface area contributed by atoms with Gasteiger partial charge in [-0.05, 0) is 24.8 Å². The number of hydrogen-bond acceptors (Lipinski definition) is 1. The van der Waals surface area contributed by atoms with Gasteiger partial charge in [0.25, 0.3) is 0 Å². The molecule has 0 heterocycles. The molecule has 1 atom stereocenters. The molecule has 0 bridgehead atoms. The van der Waals surface area contributed by atoms with Crippen molar-refractivity contribution in [3.05, 3.63) is 0 Å². The first kappa shape index (κ1) is 14.0. The fourth-order valence-electron chi connectivity index (χ4n) is 2.13. The minimum atomic E-state index is 0.542. The Morgan fingerprint density at radius 2 is 1.64 bits per heavy atom. The maximum absolute atomic E-state index is 3.50. The van der Waals surface area contributed by atoms with Crippen LogP contribution in [0.1, 0.15) is 66.2 Å². The van der Waals surface area contributed by atoms with Crippen LogP contribution in [0.5, 0.6) is 0 Å². The monoisotopic (exact) mass is 199 g/mol. The molecular formula is C13H29N. The van der Waals surface area contributed by atoms with E-state index >= 15 is 0 Å². The van der Waals surface area contributed by atoms with Gasteiger partial charge in [-0.1, -0.05) is 53.4 Å². The van der Waals surface area contributed by atoms with E-state index in [4.69, 9.17) is 0 Å². The summed E-state index contributed by atoms with van der Waals surface area (Å²) in [5, 5.41) is 3.50. The third-order valence-electron chi connectivity index (χ3n) is 3.04. The lowest BCUT2D eigenvalue weighted by molar-refractivity contribution is 0.249. The van der Waals surface area contributed by atoms with Gasteiger partial charge in [-0.3, -0.25) is 0 Å². The first-order valence-electron chi connectivity index (χ1n) is 6.39. The van der Waals surface area contributed by atoms with E-state index in [1.807, 2.05) is 0 Å². The second kappa shape index (κ2) is 8.28. The van der Waals surface area contributed by atoms with Crippen LogP contribution < -0.4 is 5.32 Å². The Labute approximate surface area is 90.7 Å². The summed E-state index contributed by atoms with van der Waals surface area (Å²) in [5.74, 6) is 0. The highest BCUT2D eigenvalue weighted by Gasteiger charge is 2.21. The predicted molar refractivity (Wildman–Crippen MR) is 65.7 cm³/mol. The van der Waals surface area contributed by atoms with Crippen molar-refractivity contribution in [1.82, 2.24) is 5.32 Å². The summed E-state index contributed by atoms with van der Waals surface area (Å²) in [6.07, 6.45) is 8.20. The van der Waals surface area contributed by atoms with Crippen molar-refractivity contribution in [2.24, 2.45) is 5.41 Å². The van der Waals surface area contributed by atoms with E-state index in [1.54, 1.807) is 0 Å².